The normalized spacial score (nSPS) is 9.77. The summed E-state index contributed by atoms with van der Waals surface area (Å²) in [5.41, 5.74) is 1.79. The lowest BCUT2D eigenvalue weighted by atomic mass is 10.1. The topological polar surface area (TPSA) is 26.3 Å². The maximum atomic E-state index is 11.2. The van der Waals surface area contributed by atoms with Gasteiger partial charge in [0.25, 0.3) is 0 Å². The van der Waals surface area contributed by atoms with E-state index in [0.29, 0.717) is 5.56 Å². The van der Waals surface area contributed by atoms with Crippen LogP contribution in [0.4, 0.5) is 0 Å². The van der Waals surface area contributed by atoms with Crippen LogP contribution in [-0.4, -0.2) is 13.1 Å². The predicted octanol–water partition coefficient (Wildman–Crippen LogP) is 2.64. The van der Waals surface area contributed by atoms with E-state index in [1.807, 2.05) is 12.1 Å². The van der Waals surface area contributed by atoms with Crippen LogP contribution in [0.5, 0.6) is 0 Å². The Balaban J connectivity index is 3.08. The van der Waals surface area contributed by atoms with Gasteiger partial charge in [0.1, 0.15) is 0 Å². The monoisotopic (exact) mass is 290 g/mol. The highest BCUT2D eigenvalue weighted by atomic mass is 127. The van der Waals surface area contributed by atoms with Gasteiger partial charge in [0.2, 0.25) is 0 Å². The smallest absolute Gasteiger partial charge is 0.337 e. The van der Waals surface area contributed by atoms with Gasteiger partial charge in [-0.2, -0.15) is 0 Å². The molecule has 0 aromatic heterocycles. The molecule has 1 aromatic rings. The molecular weight excluding hydrogens is 279 g/mol. The highest BCUT2D eigenvalue weighted by Gasteiger charge is 2.06. The molecular formula is C10H11IO2. The molecule has 0 spiro atoms. The minimum atomic E-state index is -0.270. The molecule has 0 atom stereocenters. The Morgan fingerprint density at radius 3 is 2.69 bits per heavy atom. The van der Waals surface area contributed by atoms with E-state index in [1.165, 1.54) is 7.11 Å². The Labute approximate surface area is 91.4 Å². The molecule has 0 N–H and O–H groups in total. The summed E-state index contributed by atoms with van der Waals surface area (Å²) in [7, 11) is 1.40. The van der Waals surface area contributed by atoms with Crippen LogP contribution >= 0.6 is 22.6 Å². The number of benzene rings is 1. The van der Waals surface area contributed by atoms with Gasteiger partial charge in [0.15, 0.2) is 0 Å². The summed E-state index contributed by atoms with van der Waals surface area (Å²) in [6.45, 7) is 2.06. The molecule has 0 aliphatic carbocycles. The summed E-state index contributed by atoms with van der Waals surface area (Å²) in [6.07, 6.45) is 0.931. The van der Waals surface area contributed by atoms with Crippen molar-refractivity contribution in [1.82, 2.24) is 0 Å². The number of esters is 1. The molecule has 0 bridgehead atoms. The average molecular weight is 290 g/mol. The van der Waals surface area contributed by atoms with Crippen LogP contribution in [0.15, 0.2) is 18.2 Å². The van der Waals surface area contributed by atoms with Crippen molar-refractivity contribution in [2.24, 2.45) is 0 Å². The van der Waals surface area contributed by atoms with Crippen molar-refractivity contribution in [3.63, 3.8) is 0 Å². The van der Waals surface area contributed by atoms with Crippen LogP contribution in [0.1, 0.15) is 22.8 Å². The van der Waals surface area contributed by atoms with Crippen molar-refractivity contribution >= 4 is 28.6 Å². The fraction of sp³-hybridized carbons (Fsp3) is 0.300. The molecule has 1 aromatic carbocycles. The number of aryl methyl sites for hydroxylation is 1. The average Bonchev–Trinajstić information content (AvgIpc) is 2.15. The molecule has 0 amide bonds. The Bertz CT molecular complexity index is 321. The lowest BCUT2D eigenvalue weighted by molar-refractivity contribution is 0.0600. The van der Waals surface area contributed by atoms with Gasteiger partial charge in [0.05, 0.1) is 12.7 Å². The lowest BCUT2D eigenvalue weighted by Crippen LogP contribution is -2.02. The van der Waals surface area contributed by atoms with E-state index in [2.05, 4.69) is 40.3 Å². The number of hydrogen-bond donors (Lipinski definition) is 0. The Kier molecular flexibility index (Phi) is 3.71. The Hall–Kier alpha value is -0.580. The first-order chi connectivity index (χ1) is 6.17. The van der Waals surface area contributed by atoms with E-state index in [4.69, 9.17) is 0 Å². The van der Waals surface area contributed by atoms with Gasteiger partial charge in [-0.3, -0.25) is 0 Å². The van der Waals surface area contributed by atoms with E-state index < -0.39 is 0 Å². The van der Waals surface area contributed by atoms with Crippen LogP contribution in [0.25, 0.3) is 0 Å². The lowest BCUT2D eigenvalue weighted by Gasteiger charge is -2.03. The first kappa shape index (κ1) is 10.5. The van der Waals surface area contributed by atoms with E-state index in [9.17, 15) is 4.79 Å². The Morgan fingerprint density at radius 1 is 1.46 bits per heavy atom. The Morgan fingerprint density at radius 2 is 2.15 bits per heavy atom. The summed E-state index contributed by atoms with van der Waals surface area (Å²) in [5, 5.41) is 0. The molecule has 0 radical (unpaired) electrons. The second kappa shape index (κ2) is 4.60. The fourth-order valence-corrected chi connectivity index (χ4v) is 1.83. The zero-order valence-electron chi connectivity index (χ0n) is 7.63. The molecule has 2 nitrogen and oxygen atoms in total. The van der Waals surface area contributed by atoms with Crippen LogP contribution < -0.4 is 0 Å². The zero-order chi connectivity index (χ0) is 9.84. The van der Waals surface area contributed by atoms with Gasteiger partial charge in [-0.15, -0.1) is 0 Å². The van der Waals surface area contributed by atoms with Gasteiger partial charge < -0.3 is 4.74 Å². The second-order valence-corrected chi connectivity index (χ2v) is 3.94. The zero-order valence-corrected chi connectivity index (χ0v) is 9.79. The maximum Gasteiger partial charge on any atom is 0.337 e. The number of ether oxygens (including phenoxy) is 1. The van der Waals surface area contributed by atoms with E-state index >= 15 is 0 Å². The van der Waals surface area contributed by atoms with Crippen molar-refractivity contribution in [2.45, 2.75) is 13.3 Å². The van der Waals surface area contributed by atoms with Crippen molar-refractivity contribution in [3.8, 4) is 0 Å². The molecule has 0 aliphatic heterocycles. The van der Waals surface area contributed by atoms with Crippen LogP contribution in [-0.2, 0) is 11.2 Å². The number of halogens is 1. The van der Waals surface area contributed by atoms with Crippen molar-refractivity contribution in [2.75, 3.05) is 7.11 Å². The number of carbonyl (C=O) groups excluding carboxylic acids is 1. The van der Waals surface area contributed by atoms with Crippen LogP contribution in [0.2, 0.25) is 0 Å². The number of carbonyl (C=O) groups is 1. The SMILES string of the molecule is CCc1cc(I)cc(C(=O)OC)c1. The molecule has 0 heterocycles. The van der Waals surface area contributed by atoms with Gasteiger partial charge in [-0.25, -0.2) is 4.79 Å². The van der Waals surface area contributed by atoms with Crippen molar-refractivity contribution in [1.29, 1.82) is 0 Å². The van der Waals surface area contributed by atoms with Crippen molar-refractivity contribution in [3.05, 3.63) is 32.9 Å². The third-order valence-corrected chi connectivity index (χ3v) is 2.41. The first-order valence-corrected chi connectivity index (χ1v) is 5.13. The number of rotatable bonds is 2. The first-order valence-electron chi connectivity index (χ1n) is 4.05. The highest BCUT2D eigenvalue weighted by Crippen LogP contribution is 2.13. The number of methoxy groups -OCH3 is 1. The van der Waals surface area contributed by atoms with Crippen molar-refractivity contribution < 1.29 is 9.53 Å². The second-order valence-electron chi connectivity index (χ2n) is 2.69. The highest BCUT2D eigenvalue weighted by molar-refractivity contribution is 14.1. The molecule has 0 unspecified atom stereocenters. The molecule has 3 heteroatoms. The maximum absolute atomic E-state index is 11.2. The summed E-state index contributed by atoms with van der Waals surface area (Å²) in [5.74, 6) is -0.270. The van der Waals surface area contributed by atoms with Gasteiger partial charge in [-0.05, 0) is 52.8 Å². The van der Waals surface area contributed by atoms with Crippen LogP contribution in [0.3, 0.4) is 0 Å². The van der Waals surface area contributed by atoms with Crippen LogP contribution in [0, 0.1) is 3.57 Å². The minimum absolute atomic E-state index is 0.270. The van der Waals surface area contributed by atoms with Gasteiger partial charge in [-0.1, -0.05) is 6.92 Å². The minimum Gasteiger partial charge on any atom is -0.465 e. The molecule has 70 valence electrons. The third kappa shape index (κ3) is 2.69. The van der Waals surface area contributed by atoms with Gasteiger partial charge >= 0.3 is 5.97 Å². The fourth-order valence-electron chi connectivity index (χ4n) is 1.09. The summed E-state index contributed by atoms with van der Waals surface area (Å²) < 4.78 is 5.72. The molecule has 0 saturated carbocycles. The molecule has 0 fully saturated rings. The molecule has 13 heavy (non-hydrogen) atoms. The molecule has 0 aliphatic rings. The molecule has 1 rings (SSSR count). The third-order valence-electron chi connectivity index (χ3n) is 1.79. The quantitative estimate of drug-likeness (QED) is 0.618. The molecule has 0 saturated heterocycles. The van der Waals surface area contributed by atoms with Gasteiger partial charge in [0, 0.05) is 3.57 Å². The summed E-state index contributed by atoms with van der Waals surface area (Å²) >= 11 is 2.20. The van der Waals surface area contributed by atoms with E-state index in [0.717, 1.165) is 15.6 Å². The van der Waals surface area contributed by atoms with E-state index in [-0.39, 0.29) is 5.97 Å². The standard InChI is InChI=1S/C10H11IO2/c1-3-7-4-8(10(12)13-2)6-9(11)5-7/h4-6H,3H2,1-2H3. The largest absolute Gasteiger partial charge is 0.465 e. The predicted molar refractivity (Wildman–Crippen MR) is 59.9 cm³/mol. The summed E-state index contributed by atoms with van der Waals surface area (Å²) in [6, 6.07) is 5.76. The summed E-state index contributed by atoms with van der Waals surface area (Å²) in [4.78, 5) is 11.2. The number of hydrogen-bond acceptors (Lipinski definition) is 2. The van der Waals surface area contributed by atoms with E-state index in [1.54, 1.807) is 0 Å².